The molecular formula is C27H36N2O3. The molecule has 0 aliphatic carbocycles. The minimum atomic E-state index is -0.0910. The molecule has 0 heterocycles. The number of benzene rings is 2. The predicted octanol–water partition coefficient (Wildman–Crippen LogP) is 5.42. The topological polar surface area (TPSA) is 58.6 Å². The SMILES string of the molecule is C=CCN(C(=O)CCOCC)c1cccc(NC(=O)Cc2ccc(C(C)(C)C)cc2C)c1. The molecule has 1 N–H and O–H groups in total. The summed E-state index contributed by atoms with van der Waals surface area (Å²) in [5, 5.41) is 2.96. The number of carbonyl (C=O) groups is 2. The highest BCUT2D eigenvalue weighted by Crippen LogP contribution is 2.25. The summed E-state index contributed by atoms with van der Waals surface area (Å²) < 4.78 is 5.31. The summed E-state index contributed by atoms with van der Waals surface area (Å²) >= 11 is 0. The van der Waals surface area contributed by atoms with Gasteiger partial charge in [0.05, 0.1) is 19.4 Å². The molecule has 5 nitrogen and oxygen atoms in total. The van der Waals surface area contributed by atoms with E-state index >= 15 is 0 Å². The maximum absolute atomic E-state index is 12.7. The third-order valence-electron chi connectivity index (χ3n) is 5.28. The van der Waals surface area contributed by atoms with Crippen molar-refractivity contribution in [1.29, 1.82) is 0 Å². The summed E-state index contributed by atoms with van der Waals surface area (Å²) in [6.45, 7) is 15.6. The van der Waals surface area contributed by atoms with Crippen LogP contribution < -0.4 is 10.2 Å². The van der Waals surface area contributed by atoms with E-state index in [0.29, 0.717) is 38.3 Å². The third-order valence-corrected chi connectivity index (χ3v) is 5.28. The van der Waals surface area contributed by atoms with Crippen molar-refractivity contribution in [3.63, 3.8) is 0 Å². The van der Waals surface area contributed by atoms with Crippen LogP contribution in [0.25, 0.3) is 0 Å². The lowest BCUT2D eigenvalue weighted by Crippen LogP contribution is -2.31. The summed E-state index contributed by atoms with van der Waals surface area (Å²) in [4.78, 5) is 27.0. The fourth-order valence-electron chi connectivity index (χ4n) is 3.41. The first kappa shape index (κ1) is 25.3. The molecule has 0 aromatic heterocycles. The van der Waals surface area contributed by atoms with Crippen molar-refractivity contribution in [3.05, 3.63) is 71.8 Å². The lowest BCUT2D eigenvalue weighted by molar-refractivity contribution is -0.119. The van der Waals surface area contributed by atoms with Crippen molar-refractivity contribution in [2.75, 3.05) is 30.0 Å². The van der Waals surface area contributed by atoms with Gasteiger partial charge in [-0.25, -0.2) is 0 Å². The number of rotatable bonds is 10. The molecule has 0 radical (unpaired) electrons. The quantitative estimate of drug-likeness (QED) is 0.400. The zero-order chi connectivity index (χ0) is 23.7. The smallest absolute Gasteiger partial charge is 0.229 e. The van der Waals surface area contributed by atoms with E-state index in [4.69, 9.17) is 4.74 Å². The normalized spacial score (nSPS) is 11.2. The zero-order valence-corrected chi connectivity index (χ0v) is 20.0. The Bertz CT molecular complexity index is 944. The molecule has 2 rings (SSSR count). The van der Waals surface area contributed by atoms with Crippen molar-refractivity contribution < 1.29 is 14.3 Å². The van der Waals surface area contributed by atoms with Crippen LogP contribution in [-0.2, 0) is 26.2 Å². The Hall–Kier alpha value is -2.92. The number of nitrogens with zero attached hydrogens (tertiary/aromatic N) is 1. The standard InChI is InChI=1S/C27H36N2O3/c1-7-15-29(26(31)14-16-32-8-2)24-11-9-10-23(19-24)28-25(30)18-21-12-13-22(17-20(21)3)27(4,5)6/h7,9-13,17,19H,1,8,14-16,18H2,2-6H3,(H,28,30). The maximum Gasteiger partial charge on any atom is 0.229 e. The molecule has 2 aromatic rings. The zero-order valence-electron chi connectivity index (χ0n) is 20.0. The molecule has 0 saturated heterocycles. The second-order valence-electron chi connectivity index (χ2n) is 8.91. The van der Waals surface area contributed by atoms with Gasteiger partial charge in [-0.1, -0.05) is 51.1 Å². The summed E-state index contributed by atoms with van der Waals surface area (Å²) in [6.07, 6.45) is 2.28. The highest BCUT2D eigenvalue weighted by Gasteiger charge is 2.17. The lowest BCUT2D eigenvalue weighted by Gasteiger charge is -2.22. The van der Waals surface area contributed by atoms with E-state index in [1.54, 1.807) is 11.0 Å². The van der Waals surface area contributed by atoms with E-state index in [1.807, 2.05) is 44.2 Å². The number of ether oxygens (including phenoxy) is 1. The van der Waals surface area contributed by atoms with Crippen molar-refractivity contribution in [1.82, 2.24) is 0 Å². The minimum absolute atomic E-state index is 0.0450. The van der Waals surface area contributed by atoms with Crippen LogP contribution >= 0.6 is 0 Å². The Morgan fingerprint density at radius 3 is 2.53 bits per heavy atom. The molecule has 2 aromatic carbocycles. The number of amides is 2. The molecule has 0 bridgehead atoms. The highest BCUT2D eigenvalue weighted by atomic mass is 16.5. The van der Waals surface area contributed by atoms with Crippen LogP contribution in [0, 0.1) is 6.92 Å². The van der Waals surface area contributed by atoms with E-state index in [9.17, 15) is 9.59 Å². The van der Waals surface area contributed by atoms with Gasteiger partial charge in [0.2, 0.25) is 11.8 Å². The molecule has 0 unspecified atom stereocenters. The molecule has 0 aliphatic heterocycles. The van der Waals surface area contributed by atoms with Crippen LogP contribution in [0.15, 0.2) is 55.1 Å². The maximum atomic E-state index is 12.7. The van der Waals surface area contributed by atoms with Gasteiger partial charge < -0.3 is 15.0 Å². The fourth-order valence-corrected chi connectivity index (χ4v) is 3.41. The number of hydrogen-bond donors (Lipinski definition) is 1. The Morgan fingerprint density at radius 1 is 1.16 bits per heavy atom. The van der Waals surface area contributed by atoms with E-state index in [1.165, 1.54) is 5.56 Å². The molecule has 5 heteroatoms. The van der Waals surface area contributed by atoms with E-state index in [0.717, 1.165) is 16.8 Å². The van der Waals surface area contributed by atoms with Gasteiger partial charge in [-0.3, -0.25) is 9.59 Å². The molecule has 32 heavy (non-hydrogen) atoms. The number of hydrogen-bond acceptors (Lipinski definition) is 3. The van der Waals surface area contributed by atoms with Crippen LogP contribution in [0.3, 0.4) is 0 Å². The van der Waals surface area contributed by atoms with Crippen LogP contribution in [-0.4, -0.2) is 31.6 Å². The van der Waals surface area contributed by atoms with Crippen LogP contribution in [0.1, 0.15) is 50.8 Å². The van der Waals surface area contributed by atoms with Gasteiger partial charge >= 0.3 is 0 Å². The van der Waals surface area contributed by atoms with E-state index < -0.39 is 0 Å². The first-order chi connectivity index (χ1) is 15.2. The average Bonchev–Trinajstić information content (AvgIpc) is 2.73. The molecular weight excluding hydrogens is 400 g/mol. The Morgan fingerprint density at radius 2 is 1.91 bits per heavy atom. The number of carbonyl (C=O) groups excluding carboxylic acids is 2. The number of aryl methyl sites for hydroxylation is 1. The minimum Gasteiger partial charge on any atom is -0.381 e. The second-order valence-corrected chi connectivity index (χ2v) is 8.91. The molecule has 0 fully saturated rings. The van der Waals surface area contributed by atoms with Gasteiger partial charge in [0.15, 0.2) is 0 Å². The molecule has 0 spiro atoms. The fraction of sp³-hybridized carbons (Fsp3) is 0.407. The van der Waals surface area contributed by atoms with Crippen molar-refractivity contribution in [2.45, 2.75) is 52.9 Å². The third kappa shape index (κ3) is 7.34. The van der Waals surface area contributed by atoms with Gasteiger partial charge in [-0.05, 0) is 54.2 Å². The molecule has 0 saturated carbocycles. The Kier molecular flexibility index (Phi) is 9.21. The monoisotopic (exact) mass is 436 g/mol. The summed E-state index contributed by atoms with van der Waals surface area (Å²) in [7, 11) is 0. The first-order valence-corrected chi connectivity index (χ1v) is 11.1. The first-order valence-electron chi connectivity index (χ1n) is 11.1. The predicted molar refractivity (Wildman–Crippen MR) is 132 cm³/mol. The Balaban J connectivity index is 2.10. The van der Waals surface area contributed by atoms with Crippen LogP contribution in [0.2, 0.25) is 0 Å². The highest BCUT2D eigenvalue weighted by molar-refractivity contribution is 5.96. The van der Waals surface area contributed by atoms with Crippen LogP contribution in [0.5, 0.6) is 0 Å². The molecule has 0 atom stereocenters. The van der Waals surface area contributed by atoms with Gasteiger partial charge in [0.25, 0.3) is 0 Å². The lowest BCUT2D eigenvalue weighted by atomic mass is 9.85. The van der Waals surface area contributed by atoms with Gasteiger partial charge in [0, 0.05) is 24.5 Å². The van der Waals surface area contributed by atoms with Gasteiger partial charge in [-0.2, -0.15) is 0 Å². The van der Waals surface area contributed by atoms with E-state index in [-0.39, 0.29) is 17.2 Å². The van der Waals surface area contributed by atoms with Crippen molar-refractivity contribution in [3.8, 4) is 0 Å². The summed E-state index contributed by atoms with van der Waals surface area (Å²) in [5.74, 6) is -0.136. The second kappa shape index (κ2) is 11.6. The molecule has 172 valence electrons. The summed E-state index contributed by atoms with van der Waals surface area (Å²) in [5.41, 5.74) is 4.81. The molecule has 2 amide bonds. The summed E-state index contributed by atoms with van der Waals surface area (Å²) in [6, 6.07) is 13.6. The Labute approximate surface area is 192 Å². The van der Waals surface area contributed by atoms with E-state index in [2.05, 4.69) is 44.8 Å². The average molecular weight is 437 g/mol. The van der Waals surface area contributed by atoms with Crippen molar-refractivity contribution in [2.24, 2.45) is 0 Å². The number of anilines is 2. The number of nitrogens with one attached hydrogen (secondary N) is 1. The van der Waals surface area contributed by atoms with Gasteiger partial charge in [-0.15, -0.1) is 6.58 Å². The van der Waals surface area contributed by atoms with Crippen LogP contribution in [0.4, 0.5) is 11.4 Å². The largest absolute Gasteiger partial charge is 0.381 e. The molecule has 0 aliphatic rings. The van der Waals surface area contributed by atoms with Crippen molar-refractivity contribution >= 4 is 23.2 Å². The van der Waals surface area contributed by atoms with Gasteiger partial charge in [0.1, 0.15) is 0 Å².